The summed E-state index contributed by atoms with van der Waals surface area (Å²) >= 11 is 1.92. The molecule has 1 N–H and O–H groups in total. The lowest BCUT2D eigenvalue weighted by atomic mass is 9.87. The van der Waals surface area contributed by atoms with Crippen LogP contribution in [-0.4, -0.2) is 61.9 Å². The Hall–Kier alpha value is -3.88. The minimum Gasteiger partial charge on any atom is -0.496 e. The second-order valence-corrected chi connectivity index (χ2v) is 11.7. The number of hydrogen-bond donors (Lipinski definition) is 1. The summed E-state index contributed by atoms with van der Waals surface area (Å²) in [6.07, 6.45) is 0.450. The molecule has 2 atom stereocenters. The number of methoxy groups -OCH3 is 2. The van der Waals surface area contributed by atoms with Gasteiger partial charge in [0.25, 0.3) is 0 Å². The summed E-state index contributed by atoms with van der Waals surface area (Å²) in [6, 6.07) is 28.6. The molecule has 0 bridgehead atoms. The number of piperidine rings is 1. The molecule has 2 unspecified atom stereocenters. The van der Waals surface area contributed by atoms with E-state index in [1.807, 2.05) is 54.2 Å². The standard InChI is InChI=1S/C35H39NO6S/c1-39-32-11-6-10-30-31(32)20-26(21-33(30)40-2)23-42-34-22-36(35(37)38)17-16-29(34)27-12-14-28(15-13-27)41-18-7-19-43-24-25-8-4-3-5-9-25/h3-6,8-15,20-21,29,34H,7,16-19,22-24H2,1-2H3,(H,37,38). The fraction of sp³-hybridized carbons (Fsp3) is 0.343. The van der Waals surface area contributed by atoms with Crippen LogP contribution in [0, 0.1) is 0 Å². The van der Waals surface area contributed by atoms with Gasteiger partial charge in [-0.15, -0.1) is 0 Å². The number of thioether (sulfide) groups is 1. The Morgan fingerprint density at radius 1 is 0.907 bits per heavy atom. The van der Waals surface area contributed by atoms with Crippen LogP contribution >= 0.6 is 11.8 Å². The molecule has 0 saturated carbocycles. The highest BCUT2D eigenvalue weighted by atomic mass is 32.2. The third-order valence-electron chi connectivity index (χ3n) is 7.83. The maximum Gasteiger partial charge on any atom is 0.407 e. The molecular formula is C35H39NO6S. The first-order valence-corrected chi connectivity index (χ1v) is 15.8. The van der Waals surface area contributed by atoms with Crippen molar-refractivity contribution in [2.45, 2.75) is 37.2 Å². The average Bonchev–Trinajstić information content (AvgIpc) is 3.05. The maximum atomic E-state index is 11.8. The van der Waals surface area contributed by atoms with Gasteiger partial charge in [0, 0.05) is 29.0 Å². The lowest BCUT2D eigenvalue weighted by Crippen LogP contribution is -2.46. The van der Waals surface area contributed by atoms with Crippen LogP contribution in [0.2, 0.25) is 0 Å². The molecule has 1 amide bonds. The van der Waals surface area contributed by atoms with Gasteiger partial charge >= 0.3 is 6.09 Å². The van der Waals surface area contributed by atoms with Crippen molar-refractivity contribution in [3.05, 3.63) is 102 Å². The third kappa shape index (κ3) is 7.94. The van der Waals surface area contributed by atoms with E-state index in [0.717, 1.165) is 57.1 Å². The Morgan fingerprint density at radius 3 is 2.44 bits per heavy atom. The molecule has 1 aliphatic rings. The Bertz CT molecular complexity index is 1480. The maximum absolute atomic E-state index is 11.8. The molecule has 1 saturated heterocycles. The van der Waals surface area contributed by atoms with Gasteiger partial charge in [0.15, 0.2) is 0 Å². The Labute approximate surface area is 257 Å². The molecule has 7 nitrogen and oxygen atoms in total. The smallest absolute Gasteiger partial charge is 0.407 e. The van der Waals surface area contributed by atoms with Gasteiger partial charge in [-0.2, -0.15) is 11.8 Å². The number of ether oxygens (including phenoxy) is 4. The molecule has 8 heteroatoms. The average molecular weight is 602 g/mol. The summed E-state index contributed by atoms with van der Waals surface area (Å²) < 4.78 is 23.7. The predicted molar refractivity (Wildman–Crippen MR) is 172 cm³/mol. The zero-order chi connectivity index (χ0) is 30.0. The first-order valence-electron chi connectivity index (χ1n) is 14.6. The highest BCUT2D eigenvalue weighted by molar-refractivity contribution is 7.98. The van der Waals surface area contributed by atoms with Gasteiger partial charge in [0.2, 0.25) is 0 Å². The van der Waals surface area contributed by atoms with Crippen LogP contribution in [0.3, 0.4) is 0 Å². The number of carboxylic acid groups (broad SMARTS) is 1. The van der Waals surface area contributed by atoms with Crippen molar-refractivity contribution in [2.75, 3.05) is 39.7 Å². The zero-order valence-corrected chi connectivity index (χ0v) is 25.6. The van der Waals surface area contributed by atoms with Gasteiger partial charge in [-0.3, -0.25) is 0 Å². The van der Waals surface area contributed by atoms with Crippen LogP contribution < -0.4 is 14.2 Å². The van der Waals surface area contributed by atoms with Gasteiger partial charge in [0.05, 0.1) is 40.1 Å². The number of carbonyl (C=O) groups is 1. The van der Waals surface area contributed by atoms with Crippen molar-refractivity contribution in [2.24, 2.45) is 0 Å². The number of nitrogens with zero attached hydrogens (tertiary/aromatic N) is 1. The molecule has 1 fully saturated rings. The normalized spacial score (nSPS) is 16.7. The number of hydrogen-bond acceptors (Lipinski definition) is 6. The lowest BCUT2D eigenvalue weighted by Gasteiger charge is -2.37. The quantitative estimate of drug-likeness (QED) is 0.158. The van der Waals surface area contributed by atoms with E-state index in [-0.39, 0.29) is 12.0 Å². The molecule has 4 aromatic rings. The Morgan fingerprint density at radius 2 is 1.70 bits per heavy atom. The second kappa shape index (κ2) is 15.0. The van der Waals surface area contributed by atoms with E-state index in [1.165, 1.54) is 10.5 Å². The van der Waals surface area contributed by atoms with Crippen molar-refractivity contribution in [1.82, 2.24) is 4.90 Å². The van der Waals surface area contributed by atoms with Crippen LogP contribution in [0.25, 0.3) is 10.8 Å². The Kier molecular flexibility index (Phi) is 10.7. The third-order valence-corrected chi connectivity index (χ3v) is 8.95. The van der Waals surface area contributed by atoms with Gasteiger partial charge in [-0.1, -0.05) is 54.6 Å². The van der Waals surface area contributed by atoms with E-state index < -0.39 is 6.09 Å². The second-order valence-electron chi connectivity index (χ2n) is 10.6. The number of likely N-dealkylation sites (tertiary alicyclic amines) is 1. The SMILES string of the molecule is COc1cc(COC2CN(C(=O)O)CCC2c2ccc(OCCCSCc3ccccc3)cc2)cc2c(OC)cccc12. The summed E-state index contributed by atoms with van der Waals surface area (Å²) in [4.78, 5) is 13.3. The molecule has 0 aliphatic carbocycles. The summed E-state index contributed by atoms with van der Waals surface area (Å²) in [7, 11) is 3.30. The lowest BCUT2D eigenvalue weighted by molar-refractivity contribution is -0.0199. The predicted octanol–water partition coefficient (Wildman–Crippen LogP) is 7.61. The Balaban J connectivity index is 1.20. The monoisotopic (exact) mass is 601 g/mol. The van der Waals surface area contributed by atoms with Crippen LogP contribution in [0.15, 0.2) is 84.9 Å². The van der Waals surface area contributed by atoms with E-state index in [0.29, 0.717) is 32.7 Å². The minimum absolute atomic E-state index is 0.0657. The van der Waals surface area contributed by atoms with Crippen molar-refractivity contribution in [3.8, 4) is 17.2 Å². The fourth-order valence-corrected chi connectivity index (χ4v) is 6.48. The molecule has 43 heavy (non-hydrogen) atoms. The highest BCUT2D eigenvalue weighted by Crippen LogP contribution is 2.36. The molecule has 0 aromatic heterocycles. The van der Waals surface area contributed by atoms with Crippen molar-refractivity contribution >= 4 is 28.6 Å². The van der Waals surface area contributed by atoms with Crippen molar-refractivity contribution < 1.29 is 28.8 Å². The van der Waals surface area contributed by atoms with Crippen LogP contribution in [0.1, 0.15) is 35.4 Å². The summed E-state index contributed by atoms with van der Waals surface area (Å²) in [5, 5.41) is 11.6. The van der Waals surface area contributed by atoms with Crippen LogP contribution in [0.5, 0.6) is 17.2 Å². The van der Waals surface area contributed by atoms with Gasteiger partial charge in [0.1, 0.15) is 17.2 Å². The first kappa shape index (κ1) is 30.6. The van der Waals surface area contributed by atoms with E-state index in [1.54, 1.807) is 14.2 Å². The molecule has 226 valence electrons. The summed E-state index contributed by atoms with van der Waals surface area (Å²) in [5.74, 6) is 4.48. The molecule has 1 aliphatic heterocycles. The number of fused-ring (bicyclic) bond motifs is 1. The van der Waals surface area contributed by atoms with Crippen molar-refractivity contribution in [3.63, 3.8) is 0 Å². The van der Waals surface area contributed by atoms with E-state index in [2.05, 4.69) is 42.5 Å². The molecule has 0 radical (unpaired) electrons. The largest absolute Gasteiger partial charge is 0.496 e. The van der Waals surface area contributed by atoms with E-state index >= 15 is 0 Å². The minimum atomic E-state index is -0.921. The van der Waals surface area contributed by atoms with Gasteiger partial charge in [-0.05, 0) is 65.6 Å². The molecular weight excluding hydrogens is 562 g/mol. The number of benzene rings is 4. The number of amides is 1. The molecule has 1 heterocycles. The van der Waals surface area contributed by atoms with Gasteiger partial charge in [-0.25, -0.2) is 4.79 Å². The van der Waals surface area contributed by atoms with Crippen LogP contribution in [0.4, 0.5) is 4.79 Å². The summed E-state index contributed by atoms with van der Waals surface area (Å²) in [6.45, 7) is 1.78. The summed E-state index contributed by atoms with van der Waals surface area (Å²) in [5.41, 5.74) is 3.40. The van der Waals surface area contributed by atoms with Gasteiger partial charge < -0.3 is 29.0 Å². The zero-order valence-electron chi connectivity index (χ0n) is 24.7. The van der Waals surface area contributed by atoms with E-state index in [9.17, 15) is 9.90 Å². The fourth-order valence-electron chi connectivity index (χ4n) is 5.58. The topological polar surface area (TPSA) is 77.5 Å². The molecule has 4 aromatic carbocycles. The van der Waals surface area contributed by atoms with Crippen LogP contribution in [-0.2, 0) is 17.1 Å². The van der Waals surface area contributed by atoms with Crippen molar-refractivity contribution in [1.29, 1.82) is 0 Å². The first-order chi connectivity index (χ1) is 21.1. The molecule has 0 spiro atoms. The van der Waals surface area contributed by atoms with E-state index in [4.69, 9.17) is 18.9 Å². The number of rotatable bonds is 13. The molecule has 5 rings (SSSR count). The highest BCUT2D eigenvalue weighted by Gasteiger charge is 2.33.